The molecule has 6 nitrogen and oxygen atoms in total. The van der Waals surface area contributed by atoms with Crippen LogP contribution >= 0.6 is 0 Å². The van der Waals surface area contributed by atoms with E-state index in [1.807, 2.05) is 0 Å². The fourth-order valence-corrected chi connectivity index (χ4v) is 1.89. The molecule has 1 atom stereocenters. The van der Waals surface area contributed by atoms with E-state index in [-0.39, 0.29) is 24.7 Å². The molecule has 0 spiro atoms. The molecule has 2 N–H and O–H groups in total. The summed E-state index contributed by atoms with van der Waals surface area (Å²) in [5.74, 6) is -0.305. The lowest BCUT2D eigenvalue weighted by molar-refractivity contribution is -0.137. The fraction of sp³-hybridized carbons (Fsp3) is 0.333. The van der Waals surface area contributed by atoms with Gasteiger partial charge in [0.15, 0.2) is 5.82 Å². The largest absolute Gasteiger partial charge is 0.491 e. The van der Waals surface area contributed by atoms with Crippen LogP contribution in [-0.2, 0) is 13.2 Å². The van der Waals surface area contributed by atoms with Crippen LogP contribution in [0.2, 0.25) is 0 Å². The number of hydrogen-bond acceptors (Lipinski definition) is 4. The van der Waals surface area contributed by atoms with Crippen LogP contribution in [0.5, 0.6) is 5.75 Å². The average molecular weight is 343 g/mol. The third-order valence-electron chi connectivity index (χ3n) is 3.13. The lowest BCUT2D eigenvalue weighted by atomic mass is 10.2. The lowest BCUT2D eigenvalue weighted by Gasteiger charge is -2.14. The van der Waals surface area contributed by atoms with E-state index >= 15 is 0 Å². The summed E-state index contributed by atoms with van der Waals surface area (Å²) >= 11 is 0. The van der Waals surface area contributed by atoms with Gasteiger partial charge in [0.25, 0.3) is 5.91 Å². The first-order chi connectivity index (χ1) is 11.3. The first-order valence-corrected chi connectivity index (χ1v) is 7.01. The van der Waals surface area contributed by atoms with Gasteiger partial charge in [-0.3, -0.25) is 4.79 Å². The number of imidazole rings is 1. The Kier molecular flexibility index (Phi) is 5.45. The zero-order valence-corrected chi connectivity index (χ0v) is 12.7. The maximum absolute atomic E-state index is 12.6. The topological polar surface area (TPSA) is 76.4 Å². The molecule has 0 bridgehead atoms. The third-order valence-corrected chi connectivity index (χ3v) is 3.13. The fourth-order valence-electron chi connectivity index (χ4n) is 1.89. The van der Waals surface area contributed by atoms with Crippen molar-refractivity contribution in [2.75, 3.05) is 13.2 Å². The molecule has 2 aromatic rings. The second kappa shape index (κ2) is 7.35. The number of aliphatic hydroxyl groups is 1. The number of rotatable bonds is 6. The molecular weight excluding hydrogens is 327 g/mol. The van der Waals surface area contributed by atoms with E-state index in [9.17, 15) is 23.1 Å². The monoisotopic (exact) mass is 343 g/mol. The lowest BCUT2D eigenvalue weighted by Crippen LogP contribution is -2.36. The predicted octanol–water partition coefficient (Wildman–Crippen LogP) is 1.61. The van der Waals surface area contributed by atoms with E-state index in [4.69, 9.17) is 4.74 Å². The molecule has 0 aliphatic heterocycles. The molecule has 2 rings (SSSR count). The van der Waals surface area contributed by atoms with E-state index in [0.717, 1.165) is 12.1 Å². The van der Waals surface area contributed by atoms with Gasteiger partial charge in [-0.05, 0) is 18.2 Å². The highest BCUT2D eigenvalue weighted by atomic mass is 19.4. The minimum absolute atomic E-state index is 0.0145. The van der Waals surface area contributed by atoms with Gasteiger partial charge in [-0.1, -0.05) is 6.07 Å². The Bertz CT molecular complexity index is 701. The molecule has 0 aliphatic carbocycles. The van der Waals surface area contributed by atoms with E-state index in [1.165, 1.54) is 22.9 Å². The number of carbonyl (C=O) groups excluding carboxylic acids is 1. The molecule has 130 valence electrons. The highest BCUT2D eigenvalue weighted by Crippen LogP contribution is 2.31. The van der Waals surface area contributed by atoms with Gasteiger partial charge >= 0.3 is 6.18 Å². The molecule has 0 radical (unpaired) electrons. The van der Waals surface area contributed by atoms with Crippen molar-refractivity contribution in [3.05, 3.63) is 48.0 Å². The molecule has 24 heavy (non-hydrogen) atoms. The molecule has 0 fully saturated rings. The standard InChI is InChI=1S/C15H16F3N3O3/c1-21-6-5-19-13(21)14(23)20-8-11(22)9-24-12-4-2-3-10(7-12)15(16,17)18/h2-7,11,22H,8-9H2,1H3,(H,20,23). The first kappa shape index (κ1) is 17.8. The number of halogens is 3. The number of aromatic nitrogens is 2. The molecule has 1 aromatic heterocycles. The maximum atomic E-state index is 12.6. The molecule has 9 heteroatoms. The number of carbonyl (C=O) groups is 1. The molecule has 0 saturated carbocycles. The van der Waals surface area contributed by atoms with E-state index < -0.39 is 23.8 Å². The number of nitrogens with one attached hydrogen (secondary N) is 1. The Hall–Kier alpha value is -2.55. The first-order valence-electron chi connectivity index (χ1n) is 7.01. The SMILES string of the molecule is Cn1ccnc1C(=O)NCC(O)COc1cccc(C(F)(F)F)c1. The van der Waals surface area contributed by atoms with Crippen LogP contribution in [0.4, 0.5) is 13.2 Å². The van der Waals surface area contributed by atoms with Crippen LogP contribution in [0.3, 0.4) is 0 Å². The van der Waals surface area contributed by atoms with Gasteiger partial charge in [-0.25, -0.2) is 4.98 Å². The Morgan fingerprint density at radius 2 is 2.21 bits per heavy atom. The minimum atomic E-state index is -4.46. The summed E-state index contributed by atoms with van der Waals surface area (Å²) in [7, 11) is 1.65. The van der Waals surface area contributed by atoms with Gasteiger partial charge in [0.2, 0.25) is 0 Å². The van der Waals surface area contributed by atoms with Gasteiger partial charge in [-0.15, -0.1) is 0 Å². The summed E-state index contributed by atoms with van der Waals surface area (Å²) in [4.78, 5) is 15.6. The Labute approximate surface area is 135 Å². The smallest absolute Gasteiger partial charge is 0.416 e. The molecule has 1 aromatic carbocycles. The Morgan fingerprint density at radius 1 is 1.46 bits per heavy atom. The second-order valence-corrected chi connectivity index (χ2v) is 5.06. The van der Waals surface area contributed by atoms with Crippen molar-refractivity contribution in [1.29, 1.82) is 0 Å². The number of benzene rings is 1. The number of aliphatic hydroxyl groups excluding tert-OH is 1. The number of ether oxygens (including phenoxy) is 1. The summed E-state index contributed by atoms with van der Waals surface area (Å²) in [6.45, 7) is -0.382. The van der Waals surface area contributed by atoms with Gasteiger partial charge in [0.1, 0.15) is 18.5 Å². The summed E-state index contributed by atoms with van der Waals surface area (Å²) in [5.41, 5.74) is -0.836. The number of amides is 1. The van der Waals surface area contributed by atoms with E-state index in [2.05, 4.69) is 10.3 Å². The van der Waals surface area contributed by atoms with Crippen molar-refractivity contribution in [1.82, 2.24) is 14.9 Å². The molecular formula is C15H16F3N3O3. The summed E-state index contributed by atoms with van der Waals surface area (Å²) in [6, 6.07) is 4.34. The molecule has 1 unspecified atom stereocenters. The Balaban J connectivity index is 1.82. The summed E-state index contributed by atoms with van der Waals surface area (Å²) < 4.78 is 44.4. The number of aryl methyl sites for hydroxylation is 1. The van der Waals surface area contributed by atoms with Crippen molar-refractivity contribution in [3.8, 4) is 5.75 Å². The number of hydrogen-bond donors (Lipinski definition) is 2. The van der Waals surface area contributed by atoms with Crippen LogP contribution in [0.1, 0.15) is 16.2 Å². The van der Waals surface area contributed by atoms with Crippen LogP contribution in [-0.4, -0.2) is 39.8 Å². The molecule has 1 amide bonds. The summed E-state index contributed by atoms with van der Waals surface area (Å²) in [5, 5.41) is 12.2. The molecule has 0 saturated heterocycles. The minimum Gasteiger partial charge on any atom is -0.491 e. The van der Waals surface area contributed by atoms with Crippen molar-refractivity contribution in [3.63, 3.8) is 0 Å². The van der Waals surface area contributed by atoms with Crippen molar-refractivity contribution >= 4 is 5.91 Å². The highest BCUT2D eigenvalue weighted by Gasteiger charge is 2.30. The number of nitrogens with zero attached hydrogens (tertiary/aromatic N) is 2. The van der Waals surface area contributed by atoms with E-state index in [0.29, 0.717) is 0 Å². The van der Waals surface area contributed by atoms with Gasteiger partial charge in [-0.2, -0.15) is 13.2 Å². The van der Waals surface area contributed by atoms with Gasteiger partial charge in [0.05, 0.1) is 5.56 Å². The highest BCUT2D eigenvalue weighted by molar-refractivity contribution is 5.90. The van der Waals surface area contributed by atoms with Crippen molar-refractivity contribution in [2.24, 2.45) is 7.05 Å². The average Bonchev–Trinajstić information content (AvgIpc) is 2.96. The van der Waals surface area contributed by atoms with E-state index in [1.54, 1.807) is 13.2 Å². The van der Waals surface area contributed by atoms with Crippen molar-refractivity contribution < 1.29 is 27.8 Å². The van der Waals surface area contributed by atoms with Gasteiger partial charge < -0.3 is 19.7 Å². The normalized spacial score (nSPS) is 12.7. The Morgan fingerprint density at radius 3 is 2.83 bits per heavy atom. The van der Waals surface area contributed by atoms with Crippen LogP contribution < -0.4 is 10.1 Å². The predicted molar refractivity (Wildman–Crippen MR) is 78.5 cm³/mol. The summed E-state index contributed by atoms with van der Waals surface area (Å²) in [6.07, 6.45) is -2.48. The quantitative estimate of drug-likeness (QED) is 0.835. The van der Waals surface area contributed by atoms with Crippen LogP contribution in [0.25, 0.3) is 0 Å². The van der Waals surface area contributed by atoms with Gasteiger partial charge in [0, 0.05) is 26.0 Å². The zero-order valence-electron chi connectivity index (χ0n) is 12.7. The zero-order chi connectivity index (χ0) is 17.7. The van der Waals surface area contributed by atoms with Crippen LogP contribution in [0, 0.1) is 0 Å². The third kappa shape index (κ3) is 4.72. The second-order valence-electron chi connectivity index (χ2n) is 5.06. The molecule has 1 heterocycles. The number of alkyl halides is 3. The maximum Gasteiger partial charge on any atom is 0.416 e. The van der Waals surface area contributed by atoms with Crippen molar-refractivity contribution in [2.45, 2.75) is 12.3 Å². The van der Waals surface area contributed by atoms with Crippen LogP contribution in [0.15, 0.2) is 36.7 Å². The molecule has 0 aliphatic rings.